The molecule has 20 heavy (non-hydrogen) atoms. The van der Waals surface area contributed by atoms with Crippen molar-refractivity contribution in [1.29, 1.82) is 0 Å². The first-order valence-corrected chi connectivity index (χ1v) is 6.64. The number of amides is 1. The molecule has 2 fully saturated rings. The van der Waals surface area contributed by atoms with Crippen molar-refractivity contribution in [1.82, 2.24) is 9.88 Å². The van der Waals surface area contributed by atoms with Crippen molar-refractivity contribution in [2.24, 2.45) is 11.3 Å². The van der Waals surface area contributed by atoms with Crippen molar-refractivity contribution in [3.63, 3.8) is 0 Å². The maximum atomic E-state index is 12.5. The summed E-state index contributed by atoms with van der Waals surface area (Å²) >= 11 is 5.64. The Kier molecular flexibility index (Phi) is 2.97. The zero-order valence-electron chi connectivity index (χ0n) is 10.5. The van der Waals surface area contributed by atoms with Gasteiger partial charge in [0.15, 0.2) is 0 Å². The van der Waals surface area contributed by atoms with Crippen LogP contribution < -0.4 is 0 Å². The third-order valence-electron chi connectivity index (χ3n) is 4.14. The van der Waals surface area contributed by atoms with Crippen LogP contribution in [0.15, 0.2) is 18.3 Å². The molecule has 1 saturated carbocycles. The Labute approximate surface area is 118 Å². The fourth-order valence-electron chi connectivity index (χ4n) is 3.07. The Morgan fingerprint density at radius 3 is 2.50 bits per heavy atom. The summed E-state index contributed by atoms with van der Waals surface area (Å²) in [5.41, 5.74) is 0.103. The number of carbonyl (C=O) groups is 1. The smallest absolute Gasteiger partial charge is 0.337 e. The van der Waals surface area contributed by atoms with Crippen LogP contribution >= 0.6 is 11.6 Å². The van der Waals surface area contributed by atoms with E-state index in [9.17, 15) is 18.0 Å². The molecule has 1 aromatic rings. The quantitative estimate of drug-likeness (QED) is 0.747. The lowest BCUT2D eigenvalue weighted by molar-refractivity contribution is -0.238. The molecular formula is C13H12ClF3N2O. The third-order valence-corrected chi connectivity index (χ3v) is 4.36. The van der Waals surface area contributed by atoms with Crippen LogP contribution in [0.2, 0.25) is 5.15 Å². The number of hydrogen-bond donors (Lipinski definition) is 0. The van der Waals surface area contributed by atoms with Gasteiger partial charge in [-0.15, -0.1) is 0 Å². The highest BCUT2D eigenvalue weighted by molar-refractivity contribution is 6.29. The van der Waals surface area contributed by atoms with E-state index in [0.29, 0.717) is 23.8 Å². The van der Waals surface area contributed by atoms with Crippen LogP contribution in [-0.2, 0) is 0 Å². The molecule has 0 radical (unpaired) electrons. The molecular weight excluding hydrogens is 293 g/mol. The van der Waals surface area contributed by atoms with Gasteiger partial charge in [-0.3, -0.25) is 4.79 Å². The maximum Gasteiger partial charge on any atom is 0.391 e. The van der Waals surface area contributed by atoms with Crippen molar-refractivity contribution in [2.45, 2.75) is 19.0 Å². The molecule has 0 atom stereocenters. The lowest BCUT2D eigenvalue weighted by Gasteiger charge is -2.59. The van der Waals surface area contributed by atoms with Gasteiger partial charge in [0.05, 0.1) is 11.5 Å². The average Bonchev–Trinajstić information content (AvgIpc) is 2.24. The van der Waals surface area contributed by atoms with E-state index in [4.69, 9.17) is 11.6 Å². The van der Waals surface area contributed by atoms with Crippen molar-refractivity contribution >= 4 is 17.5 Å². The molecule has 1 amide bonds. The molecule has 7 heteroatoms. The predicted molar refractivity (Wildman–Crippen MR) is 66.4 cm³/mol. The Hall–Kier alpha value is -1.30. The summed E-state index contributed by atoms with van der Waals surface area (Å²) in [6.45, 7) is 0.808. The van der Waals surface area contributed by atoms with E-state index in [2.05, 4.69) is 4.98 Å². The molecule has 0 unspecified atom stereocenters. The second-order valence-corrected chi connectivity index (χ2v) is 6.06. The summed E-state index contributed by atoms with van der Waals surface area (Å²) in [6.07, 6.45) is -2.44. The minimum atomic E-state index is -4.10. The number of pyridine rings is 1. The van der Waals surface area contributed by atoms with Gasteiger partial charge in [0.2, 0.25) is 0 Å². The van der Waals surface area contributed by atoms with Gasteiger partial charge in [-0.1, -0.05) is 11.6 Å². The molecule has 1 aliphatic heterocycles. The Bertz CT molecular complexity index is 530. The van der Waals surface area contributed by atoms with E-state index in [1.54, 1.807) is 11.0 Å². The Morgan fingerprint density at radius 1 is 1.35 bits per heavy atom. The fourth-order valence-corrected chi connectivity index (χ4v) is 3.18. The number of likely N-dealkylation sites (tertiary alicyclic amines) is 1. The first kappa shape index (κ1) is 13.7. The summed E-state index contributed by atoms with van der Waals surface area (Å²) in [7, 11) is 0. The van der Waals surface area contributed by atoms with Gasteiger partial charge in [-0.2, -0.15) is 13.2 Å². The molecule has 2 heterocycles. The summed E-state index contributed by atoms with van der Waals surface area (Å²) in [5, 5.41) is 0.300. The number of halogens is 4. The van der Waals surface area contributed by atoms with E-state index in [1.807, 2.05) is 0 Å². The molecule has 1 saturated heterocycles. The van der Waals surface area contributed by atoms with Crippen LogP contribution in [0.3, 0.4) is 0 Å². The summed E-state index contributed by atoms with van der Waals surface area (Å²) in [4.78, 5) is 17.5. The van der Waals surface area contributed by atoms with E-state index in [-0.39, 0.29) is 24.2 Å². The summed E-state index contributed by atoms with van der Waals surface area (Å²) < 4.78 is 37.4. The second kappa shape index (κ2) is 4.35. The second-order valence-electron chi connectivity index (χ2n) is 5.68. The number of aromatic nitrogens is 1. The Balaban J connectivity index is 1.56. The number of hydrogen-bond acceptors (Lipinski definition) is 2. The standard InChI is InChI=1S/C13H12ClF3N2O/c14-10-2-1-8(5-18-10)11(20)19-6-12(7-19)3-9(4-12)13(15,16)17/h1-2,5,9H,3-4,6-7H2. The molecule has 1 aromatic heterocycles. The van der Waals surface area contributed by atoms with Crippen LogP contribution in [0, 0.1) is 11.3 Å². The van der Waals surface area contributed by atoms with Crippen LogP contribution in [0.1, 0.15) is 23.2 Å². The van der Waals surface area contributed by atoms with Crippen LogP contribution in [0.4, 0.5) is 13.2 Å². The maximum absolute atomic E-state index is 12.5. The fraction of sp³-hybridized carbons (Fsp3) is 0.538. The molecule has 1 spiro atoms. The summed E-state index contributed by atoms with van der Waals surface area (Å²) in [6, 6.07) is 3.09. The van der Waals surface area contributed by atoms with E-state index < -0.39 is 12.1 Å². The molecule has 3 nitrogen and oxygen atoms in total. The molecule has 0 N–H and O–H groups in total. The van der Waals surface area contributed by atoms with Gasteiger partial charge in [-0.05, 0) is 25.0 Å². The van der Waals surface area contributed by atoms with E-state index in [0.717, 1.165) is 0 Å². The van der Waals surface area contributed by atoms with Gasteiger partial charge in [0.25, 0.3) is 5.91 Å². The number of rotatable bonds is 1. The van der Waals surface area contributed by atoms with Gasteiger partial charge in [0, 0.05) is 24.7 Å². The van der Waals surface area contributed by atoms with Crippen molar-refractivity contribution in [3.8, 4) is 0 Å². The van der Waals surface area contributed by atoms with E-state index >= 15 is 0 Å². The molecule has 1 aliphatic carbocycles. The lowest BCUT2D eigenvalue weighted by Crippen LogP contribution is -2.65. The van der Waals surface area contributed by atoms with E-state index in [1.165, 1.54) is 12.3 Å². The molecule has 108 valence electrons. The topological polar surface area (TPSA) is 33.2 Å². The molecule has 2 aliphatic rings. The van der Waals surface area contributed by atoms with Crippen LogP contribution in [-0.4, -0.2) is 35.1 Å². The minimum Gasteiger partial charge on any atom is -0.337 e. The average molecular weight is 305 g/mol. The number of carbonyl (C=O) groups excluding carboxylic acids is 1. The van der Waals surface area contributed by atoms with Crippen molar-refractivity contribution in [3.05, 3.63) is 29.0 Å². The highest BCUT2D eigenvalue weighted by atomic mass is 35.5. The van der Waals surface area contributed by atoms with Gasteiger partial charge >= 0.3 is 6.18 Å². The Morgan fingerprint density at radius 2 is 2.00 bits per heavy atom. The third kappa shape index (κ3) is 2.26. The monoisotopic (exact) mass is 304 g/mol. The van der Waals surface area contributed by atoms with Crippen molar-refractivity contribution < 1.29 is 18.0 Å². The first-order chi connectivity index (χ1) is 9.29. The molecule has 0 aromatic carbocycles. The minimum absolute atomic E-state index is 0.138. The largest absolute Gasteiger partial charge is 0.391 e. The zero-order valence-corrected chi connectivity index (χ0v) is 11.2. The molecule has 0 bridgehead atoms. The SMILES string of the molecule is O=C(c1ccc(Cl)nc1)N1CC2(CC(C(F)(F)F)C2)C1. The molecule has 3 rings (SSSR count). The lowest BCUT2D eigenvalue weighted by atomic mass is 9.57. The highest BCUT2D eigenvalue weighted by Gasteiger charge is 2.60. The summed E-state index contributed by atoms with van der Waals surface area (Å²) in [5.74, 6) is -1.40. The van der Waals surface area contributed by atoms with Crippen molar-refractivity contribution in [2.75, 3.05) is 13.1 Å². The predicted octanol–water partition coefficient (Wildman–Crippen LogP) is 3.15. The highest BCUT2D eigenvalue weighted by Crippen LogP contribution is 2.57. The zero-order chi connectivity index (χ0) is 14.5. The normalized spacial score (nSPS) is 21.5. The number of alkyl halides is 3. The van der Waals surface area contributed by atoms with Gasteiger partial charge in [0.1, 0.15) is 5.15 Å². The van der Waals surface area contributed by atoms with Gasteiger partial charge in [-0.25, -0.2) is 4.98 Å². The van der Waals surface area contributed by atoms with Crippen LogP contribution in [0.5, 0.6) is 0 Å². The number of nitrogens with zero attached hydrogens (tertiary/aromatic N) is 2. The van der Waals surface area contributed by atoms with Crippen LogP contribution in [0.25, 0.3) is 0 Å². The van der Waals surface area contributed by atoms with Gasteiger partial charge < -0.3 is 4.90 Å². The first-order valence-electron chi connectivity index (χ1n) is 6.27.